The first-order valence-corrected chi connectivity index (χ1v) is 11.7. The molecule has 31 heavy (non-hydrogen) atoms. The van der Waals surface area contributed by atoms with Crippen molar-refractivity contribution < 1.29 is 9.13 Å². The Morgan fingerprint density at radius 2 is 1.23 bits per heavy atom. The Morgan fingerprint density at radius 1 is 0.710 bits per heavy atom. The molecule has 0 amide bonds. The molecule has 0 radical (unpaired) electrons. The largest absolute Gasteiger partial charge is 0.480 e. The summed E-state index contributed by atoms with van der Waals surface area (Å²) in [5.41, 5.74) is 0.443. The first kappa shape index (κ1) is 21.2. The van der Waals surface area contributed by atoms with Gasteiger partial charge in [0.05, 0.1) is 10.9 Å². The van der Waals surface area contributed by atoms with Crippen molar-refractivity contribution in [2.45, 2.75) is 40.6 Å². The summed E-state index contributed by atoms with van der Waals surface area (Å²) in [6.45, 7) is 4.07. The Morgan fingerprint density at radius 3 is 1.71 bits per heavy atom. The van der Waals surface area contributed by atoms with Crippen molar-refractivity contribution in [3.63, 3.8) is 0 Å². The smallest absolute Gasteiger partial charge is 0.170 e. The van der Waals surface area contributed by atoms with Gasteiger partial charge >= 0.3 is 0 Å². The third kappa shape index (κ3) is 4.67. The molecule has 4 aromatic rings. The van der Waals surface area contributed by atoms with Gasteiger partial charge in [-0.2, -0.15) is 0 Å². The number of hydrogen-bond acceptors (Lipinski definition) is 1. The lowest BCUT2D eigenvalue weighted by molar-refractivity contribution is 0.0773. The van der Waals surface area contributed by atoms with Gasteiger partial charge in [-0.25, -0.2) is 4.39 Å². The predicted octanol–water partition coefficient (Wildman–Crippen LogP) is 7.63. The number of halogens is 1. The molecule has 1 unspecified atom stereocenters. The van der Waals surface area contributed by atoms with Gasteiger partial charge in [0.25, 0.3) is 0 Å². The Labute approximate surface area is 186 Å². The fourth-order valence-electron chi connectivity index (χ4n) is 3.58. The normalized spacial score (nSPS) is 13.0. The van der Waals surface area contributed by atoms with Gasteiger partial charge in [0, 0.05) is 6.07 Å². The average Bonchev–Trinajstić information content (AvgIpc) is 2.83. The van der Waals surface area contributed by atoms with E-state index in [0.29, 0.717) is 0 Å². The highest BCUT2D eigenvalue weighted by molar-refractivity contribution is 7.97. The van der Waals surface area contributed by atoms with E-state index >= 15 is 4.39 Å². The van der Waals surface area contributed by atoms with Crippen LogP contribution in [0, 0.1) is 5.82 Å². The summed E-state index contributed by atoms with van der Waals surface area (Å²) in [6, 6.07) is 35.9. The molecule has 0 aliphatic heterocycles. The van der Waals surface area contributed by atoms with Crippen LogP contribution in [0.1, 0.15) is 25.8 Å². The van der Waals surface area contributed by atoms with E-state index in [1.54, 1.807) is 12.1 Å². The molecule has 156 valence electrons. The van der Waals surface area contributed by atoms with Gasteiger partial charge in [-0.15, -0.1) is 0 Å². The van der Waals surface area contributed by atoms with E-state index in [0.717, 1.165) is 26.7 Å². The first-order chi connectivity index (χ1) is 15.1. The molecule has 0 N–H and O–H groups in total. The van der Waals surface area contributed by atoms with E-state index in [-0.39, 0.29) is 22.5 Å². The zero-order valence-electron chi connectivity index (χ0n) is 17.8. The summed E-state index contributed by atoms with van der Waals surface area (Å²) in [7, 11) is -0.390. The quantitative estimate of drug-likeness (QED) is 0.274. The summed E-state index contributed by atoms with van der Waals surface area (Å²) < 4.78 is 21.5. The number of hydrogen-bond donors (Lipinski definition) is 0. The molecular formula is C28H26FOS+. The van der Waals surface area contributed by atoms with E-state index in [2.05, 4.69) is 31.2 Å². The van der Waals surface area contributed by atoms with Gasteiger partial charge in [-0.1, -0.05) is 73.7 Å². The fourth-order valence-corrected chi connectivity index (χ4v) is 5.68. The van der Waals surface area contributed by atoms with Gasteiger partial charge in [0.2, 0.25) is 0 Å². The van der Waals surface area contributed by atoms with Crippen molar-refractivity contribution in [2.24, 2.45) is 0 Å². The van der Waals surface area contributed by atoms with Crippen molar-refractivity contribution in [1.82, 2.24) is 0 Å². The van der Waals surface area contributed by atoms with Crippen molar-refractivity contribution in [1.29, 1.82) is 0 Å². The second-order valence-electron chi connectivity index (χ2n) is 7.58. The van der Waals surface area contributed by atoms with Crippen LogP contribution < -0.4 is 4.74 Å². The number of ether oxygens (including phenoxy) is 1. The van der Waals surface area contributed by atoms with Crippen molar-refractivity contribution in [3.05, 3.63) is 121 Å². The van der Waals surface area contributed by atoms with Crippen LogP contribution in [-0.2, 0) is 16.5 Å². The van der Waals surface area contributed by atoms with Gasteiger partial charge in [-0.05, 0) is 55.3 Å². The fraction of sp³-hybridized carbons (Fsp3) is 0.143. The third-order valence-corrected chi connectivity index (χ3v) is 7.70. The Kier molecular flexibility index (Phi) is 6.43. The lowest BCUT2D eigenvalue weighted by Crippen LogP contribution is -2.29. The lowest BCUT2D eigenvalue weighted by Gasteiger charge is -2.30. The topological polar surface area (TPSA) is 9.23 Å². The number of rotatable bonds is 7. The minimum atomic E-state index is -0.593. The van der Waals surface area contributed by atoms with Gasteiger partial charge in [-0.3, -0.25) is 0 Å². The molecule has 0 bridgehead atoms. The molecule has 1 atom stereocenters. The standard InChI is InChI=1S/C28H26FOS/c1-3-28(2,22-13-7-4-8-14-22)30-27-20-19-25(21-26(27)29)31(23-15-9-5-10-16-23)24-17-11-6-12-18-24/h4-21H,3H2,1-2H3/q+1. The minimum absolute atomic E-state index is 0.279. The highest BCUT2D eigenvalue weighted by Gasteiger charge is 2.31. The SMILES string of the molecule is CCC(C)(Oc1ccc([S+](c2ccccc2)c2ccccc2)cc1F)c1ccccc1. The molecule has 3 heteroatoms. The van der Waals surface area contributed by atoms with E-state index in [4.69, 9.17) is 4.74 Å². The van der Waals surface area contributed by atoms with Crippen molar-refractivity contribution >= 4 is 10.9 Å². The Bertz CT molecular complexity index is 1080. The second kappa shape index (κ2) is 9.40. The van der Waals surface area contributed by atoms with Crippen LogP contribution in [-0.4, -0.2) is 0 Å². The van der Waals surface area contributed by atoms with E-state index in [1.165, 1.54) is 0 Å². The summed E-state index contributed by atoms with van der Waals surface area (Å²) in [6.07, 6.45) is 0.733. The van der Waals surface area contributed by atoms with Crippen LogP contribution in [0.25, 0.3) is 0 Å². The van der Waals surface area contributed by atoms with Gasteiger partial charge in [0.1, 0.15) is 5.60 Å². The molecule has 0 aliphatic rings. The Hall–Kier alpha value is -3.04. The number of benzene rings is 4. The van der Waals surface area contributed by atoms with Crippen LogP contribution >= 0.6 is 0 Å². The molecule has 1 nitrogen and oxygen atoms in total. The van der Waals surface area contributed by atoms with E-state index in [1.807, 2.05) is 79.7 Å². The van der Waals surface area contributed by atoms with E-state index < -0.39 is 5.60 Å². The first-order valence-electron chi connectivity index (χ1n) is 10.5. The summed E-state index contributed by atoms with van der Waals surface area (Å²) >= 11 is 0. The van der Waals surface area contributed by atoms with Gasteiger partial charge < -0.3 is 4.74 Å². The van der Waals surface area contributed by atoms with Crippen LogP contribution in [0.5, 0.6) is 5.75 Å². The third-order valence-electron chi connectivity index (χ3n) is 5.49. The maximum atomic E-state index is 15.3. The second-order valence-corrected chi connectivity index (χ2v) is 9.60. The summed E-state index contributed by atoms with van der Waals surface area (Å²) in [5, 5.41) is 0. The zero-order valence-corrected chi connectivity index (χ0v) is 18.6. The average molecular weight is 430 g/mol. The lowest BCUT2D eigenvalue weighted by atomic mass is 9.93. The summed E-state index contributed by atoms with van der Waals surface area (Å²) in [4.78, 5) is 3.24. The zero-order chi connectivity index (χ0) is 21.7. The molecule has 4 rings (SSSR count). The molecule has 0 heterocycles. The van der Waals surface area contributed by atoms with Crippen LogP contribution in [0.4, 0.5) is 4.39 Å². The molecule has 0 aromatic heterocycles. The highest BCUT2D eigenvalue weighted by atomic mass is 32.2. The maximum Gasteiger partial charge on any atom is 0.170 e. The molecular weight excluding hydrogens is 403 g/mol. The highest BCUT2D eigenvalue weighted by Crippen LogP contribution is 2.36. The predicted molar refractivity (Wildman–Crippen MR) is 126 cm³/mol. The molecule has 0 spiro atoms. The van der Waals surface area contributed by atoms with Crippen LogP contribution in [0.3, 0.4) is 0 Å². The molecule has 0 saturated heterocycles. The summed E-state index contributed by atoms with van der Waals surface area (Å²) in [5.74, 6) is -0.0564. The van der Waals surface area contributed by atoms with Gasteiger partial charge in [0.15, 0.2) is 26.3 Å². The molecule has 0 fully saturated rings. The minimum Gasteiger partial charge on any atom is -0.480 e. The molecule has 0 aliphatic carbocycles. The van der Waals surface area contributed by atoms with Crippen molar-refractivity contribution in [2.75, 3.05) is 0 Å². The van der Waals surface area contributed by atoms with E-state index in [9.17, 15) is 0 Å². The molecule has 0 saturated carbocycles. The van der Waals surface area contributed by atoms with Crippen molar-refractivity contribution in [3.8, 4) is 5.75 Å². The van der Waals surface area contributed by atoms with Crippen LogP contribution in [0.15, 0.2) is 124 Å². The molecule has 4 aromatic carbocycles. The monoisotopic (exact) mass is 429 g/mol. The Balaban J connectivity index is 1.70. The maximum absolute atomic E-state index is 15.3. The van der Waals surface area contributed by atoms with Crippen LogP contribution in [0.2, 0.25) is 0 Å².